The highest BCUT2D eigenvalue weighted by Gasteiger charge is 2.24. The van der Waals surface area contributed by atoms with E-state index in [1.807, 2.05) is 41.9 Å². The summed E-state index contributed by atoms with van der Waals surface area (Å²) in [6.45, 7) is 3.60. The van der Waals surface area contributed by atoms with Crippen molar-refractivity contribution in [1.29, 1.82) is 0 Å². The molecule has 5 nitrogen and oxygen atoms in total. The number of rotatable bonds is 7. The van der Waals surface area contributed by atoms with Gasteiger partial charge in [-0.15, -0.1) is 0 Å². The standard InChI is InChI=1S/C22H25N3O2/c1-3-27-21-7-5-4-6-20(21)25-22-18(14-15-23-22)19(24-25)13-10-16-8-11-17(26-2)12-9-16/h4-9,11-12,23H,3,10,13-15H2,1-2H3. The minimum atomic E-state index is 0.637. The fourth-order valence-corrected chi connectivity index (χ4v) is 3.59. The number of nitrogens with one attached hydrogen (secondary N) is 1. The number of nitrogens with zero attached hydrogens (tertiary/aromatic N) is 2. The predicted octanol–water partition coefficient (Wildman–Crippen LogP) is 4.03. The Balaban J connectivity index is 1.61. The molecule has 4 rings (SSSR count). The van der Waals surface area contributed by atoms with Crippen molar-refractivity contribution in [3.8, 4) is 17.2 Å². The first-order chi connectivity index (χ1) is 13.3. The quantitative estimate of drug-likeness (QED) is 0.688. The monoisotopic (exact) mass is 363 g/mol. The Kier molecular flexibility index (Phi) is 5.01. The van der Waals surface area contributed by atoms with Gasteiger partial charge in [0.15, 0.2) is 0 Å². The number of hydrogen-bond acceptors (Lipinski definition) is 4. The van der Waals surface area contributed by atoms with Crippen molar-refractivity contribution in [3.63, 3.8) is 0 Å². The van der Waals surface area contributed by atoms with Crippen molar-refractivity contribution < 1.29 is 9.47 Å². The minimum absolute atomic E-state index is 0.637. The van der Waals surface area contributed by atoms with Gasteiger partial charge in [-0.2, -0.15) is 5.10 Å². The van der Waals surface area contributed by atoms with E-state index in [1.165, 1.54) is 11.1 Å². The highest BCUT2D eigenvalue weighted by molar-refractivity contribution is 5.60. The van der Waals surface area contributed by atoms with Gasteiger partial charge in [0, 0.05) is 12.1 Å². The van der Waals surface area contributed by atoms with Gasteiger partial charge in [-0.1, -0.05) is 24.3 Å². The molecule has 0 fully saturated rings. The van der Waals surface area contributed by atoms with Gasteiger partial charge in [-0.05, 0) is 56.0 Å². The van der Waals surface area contributed by atoms with Gasteiger partial charge in [0.2, 0.25) is 0 Å². The molecular weight excluding hydrogens is 338 g/mol. The fourth-order valence-electron chi connectivity index (χ4n) is 3.59. The van der Waals surface area contributed by atoms with Gasteiger partial charge in [0.25, 0.3) is 0 Å². The van der Waals surface area contributed by atoms with Crippen molar-refractivity contribution in [2.24, 2.45) is 0 Å². The van der Waals surface area contributed by atoms with Crippen LogP contribution in [-0.4, -0.2) is 30.0 Å². The Morgan fingerprint density at radius 2 is 1.89 bits per heavy atom. The van der Waals surface area contributed by atoms with Crippen LogP contribution in [0.2, 0.25) is 0 Å². The second kappa shape index (κ2) is 7.74. The van der Waals surface area contributed by atoms with E-state index in [0.717, 1.165) is 54.5 Å². The Hall–Kier alpha value is -2.95. The van der Waals surface area contributed by atoms with Crippen molar-refractivity contribution in [2.75, 3.05) is 25.6 Å². The van der Waals surface area contributed by atoms with Crippen LogP contribution in [0.1, 0.15) is 23.7 Å². The SMILES string of the molecule is CCOc1ccccc1-n1nc(CCc2ccc(OC)cc2)c2c1NCC2. The van der Waals surface area contributed by atoms with Crippen LogP contribution in [0.5, 0.6) is 11.5 Å². The van der Waals surface area contributed by atoms with Crippen molar-refractivity contribution >= 4 is 5.82 Å². The lowest BCUT2D eigenvalue weighted by Crippen LogP contribution is -2.07. The number of para-hydroxylation sites is 2. The summed E-state index contributed by atoms with van der Waals surface area (Å²) in [5.41, 5.74) is 4.77. The number of benzene rings is 2. The molecule has 0 atom stereocenters. The summed E-state index contributed by atoms with van der Waals surface area (Å²) in [7, 11) is 1.69. The summed E-state index contributed by atoms with van der Waals surface area (Å²) in [4.78, 5) is 0. The molecule has 0 amide bonds. The van der Waals surface area contributed by atoms with Crippen LogP contribution in [-0.2, 0) is 19.3 Å². The molecule has 0 aliphatic carbocycles. The molecule has 140 valence electrons. The van der Waals surface area contributed by atoms with Crippen LogP contribution in [0.15, 0.2) is 48.5 Å². The zero-order valence-corrected chi connectivity index (χ0v) is 15.9. The van der Waals surface area contributed by atoms with Crippen molar-refractivity contribution in [3.05, 3.63) is 65.4 Å². The average Bonchev–Trinajstić information content (AvgIpc) is 3.31. The number of methoxy groups -OCH3 is 1. The Bertz CT molecular complexity index is 916. The molecule has 0 saturated heterocycles. The molecule has 0 radical (unpaired) electrons. The van der Waals surface area contributed by atoms with E-state index in [0.29, 0.717) is 6.61 Å². The topological polar surface area (TPSA) is 48.3 Å². The van der Waals surface area contributed by atoms with Crippen molar-refractivity contribution in [2.45, 2.75) is 26.2 Å². The number of hydrogen-bond donors (Lipinski definition) is 1. The van der Waals surface area contributed by atoms with Gasteiger partial charge >= 0.3 is 0 Å². The van der Waals surface area contributed by atoms with E-state index >= 15 is 0 Å². The third kappa shape index (κ3) is 3.50. The molecule has 1 aromatic heterocycles. The number of aryl methyl sites for hydroxylation is 2. The number of fused-ring (bicyclic) bond motifs is 1. The van der Waals surface area contributed by atoms with Gasteiger partial charge in [-0.3, -0.25) is 0 Å². The first-order valence-electron chi connectivity index (χ1n) is 9.50. The lowest BCUT2D eigenvalue weighted by molar-refractivity contribution is 0.338. The summed E-state index contributed by atoms with van der Waals surface area (Å²) in [6, 6.07) is 16.4. The van der Waals surface area contributed by atoms with Crippen LogP contribution in [0.25, 0.3) is 5.69 Å². The van der Waals surface area contributed by atoms with Crippen LogP contribution in [0.3, 0.4) is 0 Å². The molecule has 3 aromatic rings. The Labute approximate surface area is 159 Å². The molecule has 0 bridgehead atoms. The van der Waals surface area contributed by atoms with Crippen LogP contribution < -0.4 is 14.8 Å². The normalized spacial score (nSPS) is 12.5. The Morgan fingerprint density at radius 1 is 1.07 bits per heavy atom. The number of aromatic nitrogens is 2. The second-order valence-corrected chi connectivity index (χ2v) is 6.61. The van der Waals surface area contributed by atoms with E-state index in [2.05, 4.69) is 23.5 Å². The lowest BCUT2D eigenvalue weighted by atomic mass is 10.1. The molecule has 2 aromatic carbocycles. The fraction of sp³-hybridized carbons (Fsp3) is 0.318. The van der Waals surface area contributed by atoms with E-state index in [1.54, 1.807) is 7.11 Å². The van der Waals surface area contributed by atoms with E-state index in [9.17, 15) is 0 Å². The number of anilines is 1. The third-order valence-corrected chi connectivity index (χ3v) is 4.94. The van der Waals surface area contributed by atoms with E-state index in [4.69, 9.17) is 14.6 Å². The van der Waals surface area contributed by atoms with E-state index < -0.39 is 0 Å². The highest BCUT2D eigenvalue weighted by Crippen LogP contribution is 2.33. The minimum Gasteiger partial charge on any atom is -0.497 e. The maximum atomic E-state index is 5.81. The second-order valence-electron chi connectivity index (χ2n) is 6.61. The van der Waals surface area contributed by atoms with E-state index in [-0.39, 0.29) is 0 Å². The molecule has 2 heterocycles. The maximum Gasteiger partial charge on any atom is 0.145 e. The smallest absolute Gasteiger partial charge is 0.145 e. The summed E-state index contributed by atoms with van der Waals surface area (Å²) < 4.78 is 13.1. The zero-order valence-electron chi connectivity index (χ0n) is 15.9. The third-order valence-electron chi connectivity index (χ3n) is 4.94. The molecule has 1 N–H and O–H groups in total. The molecule has 0 spiro atoms. The van der Waals surface area contributed by atoms with Crippen molar-refractivity contribution in [1.82, 2.24) is 9.78 Å². The largest absolute Gasteiger partial charge is 0.497 e. The average molecular weight is 363 g/mol. The maximum absolute atomic E-state index is 5.81. The summed E-state index contributed by atoms with van der Waals surface area (Å²) >= 11 is 0. The molecule has 27 heavy (non-hydrogen) atoms. The summed E-state index contributed by atoms with van der Waals surface area (Å²) in [5, 5.41) is 8.44. The molecule has 0 unspecified atom stereocenters. The highest BCUT2D eigenvalue weighted by atomic mass is 16.5. The summed E-state index contributed by atoms with van der Waals surface area (Å²) in [6.07, 6.45) is 2.89. The number of ether oxygens (including phenoxy) is 2. The van der Waals surface area contributed by atoms with Crippen LogP contribution >= 0.6 is 0 Å². The van der Waals surface area contributed by atoms with Crippen LogP contribution in [0, 0.1) is 0 Å². The molecule has 5 heteroatoms. The van der Waals surface area contributed by atoms with Gasteiger partial charge in [-0.25, -0.2) is 4.68 Å². The van der Waals surface area contributed by atoms with Gasteiger partial charge in [0.1, 0.15) is 23.0 Å². The predicted molar refractivity (Wildman–Crippen MR) is 107 cm³/mol. The van der Waals surface area contributed by atoms with Gasteiger partial charge < -0.3 is 14.8 Å². The molecule has 1 aliphatic heterocycles. The summed E-state index contributed by atoms with van der Waals surface area (Å²) in [5.74, 6) is 2.85. The first kappa shape index (κ1) is 17.5. The lowest BCUT2D eigenvalue weighted by Gasteiger charge is -2.12. The van der Waals surface area contributed by atoms with Crippen LogP contribution in [0.4, 0.5) is 5.82 Å². The first-order valence-corrected chi connectivity index (χ1v) is 9.50. The zero-order chi connectivity index (χ0) is 18.6. The molecular formula is C22H25N3O2. The van der Waals surface area contributed by atoms with Gasteiger partial charge in [0.05, 0.1) is 19.4 Å². The Morgan fingerprint density at radius 3 is 2.67 bits per heavy atom. The molecule has 0 saturated carbocycles. The molecule has 1 aliphatic rings.